The van der Waals surface area contributed by atoms with Gasteiger partial charge in [0.05, 0.1) is 10.6 Å². The highest BCUT2D eigenvalue weighted by molar-refractivity contribution is 6.34. The summed E-state index contributed by atoms with van der Waals surface area (Å²) in [5, 5.41) is 2.50. The number of carbonyl (C=O) groups is 1. The van der Waals surface area contributed by atoms with Crippen molar-refractivity contribution < 1.29 is 35.5 Å². The van der Waals surface area contributed by atoms with Gasteiger partial charge in [0.15, 0.2) is 0 Å². The number of halogens is 8. The summed E-state index contributed by atoms with van der Waals surface area (Å²) >= 11 is 6.05. The zero-order valence-electron chi connectivity index (χ0n) is 16.3. The average molecular weight is 471 g/mol. The third-order valence-corrected chi connectivity index (χ3v) is 5.04. The fourth-order valence-corrected chi connectivity index (χ4v) is 3.34. The van der Waals surface area contributed by atoms with Crippen molar-refractivity contribution in [1.29, 1.82) is 0 Å². The molecule has 0 radical (unpaired) electrons. The molecule has 0 aliphatic carbocycles. The molecule has 3 N–H and O–H groups in total. The molecule has 0 atom stereocenters. The molecule has 0 heterocycles. The van der Waals surface area contributed by atoms with E-state index in [1.54, 1.807) is 6.07 Å². The lowest BCUT2D eigenvalue weighted by atomic mass is 9.89. The molecule has 0 aliphatic rings. The van der Waals surface area contributed by atoms with E-state index in [1.165, 1.54) is 26.0 Å². The van der Waals surface area contributed by atoms with Gasteiger partial charge in [-0.25, -0.2) is 4.39 Å². The molecule has 3 nitrogen and oxygen atoms in total. The Morgan fingerprint density at radius 3 is 2.06 bits per heavy atom. The molecular weight excluding hydrogens is 453 g/mol. The second-order valence-corrected chi connectivity index (χ2v) is 7.21. The average Bonchev–Trinajstić information content (AvgIpc) is 2.66. The number of aryl methyl sites for hydroxylation is 2. The van der Waals surface area contributed by atoms with Crippen LogP contribution in [-0.4, -0.2) is 18.3 Å². The Labute approximate surface area is 178 Å². The van der Waals surface area contributed by atoms with Crippen LogP contribution in [0.3, 0.4) is 0 Å². The lowest BCUT2D eigenvalue weighted by Gasteiger charge is -2.31. The maximum Gasteiger partial charge on any atom is 0.435 e. The number of carbonyl (C=O) groups excluding carboxylic acids is 1. The van der Waals surface area contributed by atoms with Crippen molar-refractivity contribution in [1.82, 2.24) is 0 Å². The van der Waals surface area contributed by atoms with Gasteiger partial charge in [-0.15, -0.1) is 0 Å². The fraction of sp³-hybridized carbons (Fsp3) is 0.350. The zero-order chi connectivity index (χ0) is 23.8. The number of nitrogens with two attached hydrogens (primary N) is 1. The Morgan fingerprint density at radius 2 is 1.61 bits per heavy atom. The number of hydrogen-bond acceptors (Lipinski definition) is 2. The third kappa shape index (κ3) is 4.64. The van der Waals surface area contributed by atoms with Crippen molar-refractivity contribution in [3.63, 3.8) is 0 Å². The van der Waals surface area contributed by atoms with Gasteiger partial charge in [-0.05, 0) is 48.2 Å². The first-order valence-corrected chi connectivity index (χ1v) is 9.31. The van der Waals surface area contributed by atoms with E-state index in [4.69, 9.17) is 17.3 Å². The van der Waals surface area contributed by atoms with Crippen LogP contribution in [0.25, 0.3) is 0 Å². The Morgan fingerprint density at radius 1 is 1.03 bits per heavy atom. The van der Waals surface area contributed by atoms with E-state index < -0.39 is 29.5 Å². The molecule has 31 heavy (non-hydrogen) atoms. The highest BCUT2D eigenvalue weighted by Gasteiger charge is 2.73. The fourth-order valence-electron chi connectivity index (χ4n) is 3.06. The van der Waals surface area contributed by atoms with Gasteiger partial charge < -0.3 is 11.1 Å². The standard InChI is InChI=1S/C20H18ClF7N2O/c1-3-12-8-13(18(22,19(23,24)25)20(26,27)28)6-10(2)16(12)30-17(31)14-5-4-11(9-29)7-15(14)21/h4-8H,3,9,29H2,1-2H3,(H,30,31). The number of benzene rings is 2. The van der Waals surface area contributed by atoms with Crippen LogP contribution in [-0.2, 0) is 18.6 Å². The molecule has 0 bridgehead atoms. The first-order valence-electron chi connectivity index (χ1n) is 8.93. The summed E-state index contributed by atoms with van der Waals surface area (Å²) in [4.78, 5) is 12.6. The Bertz CT molecular complexity index is 973. The number of amides is 1. The summed E-state index contributed by atoms with van der Waals surface area (Å²) in [6, 6.07) is 5.27. The second kappa shape index (κ2) is 8.66. The molecule has 0 saturated carbocycles. The highest BCUT2D eigenvalue weighted by atomic mass is 35.5. The van der Waals surface area contributed by atoms with E-state index in [-0.39, 0.29) is 40.4 Å². The molecule has 170 valence electrons. The van der Waals surface area contributed by atoms with E-state index in [0.29, 0.717) is 17.7 Å². The Balaban J connectivity index is 2.54. The summed E-state index contributed by atoms with van der Waals surface area (Å²) < 4.78 is 93.1. The molecule has 0 fully saturated rings. The van der Waals surface area contributed by atoms with Gasteiger partial charge in [0.2, 0.25) is 0 Å². The monoisotopic (exact) mass is 470 g/mol. The van der Waals surface area contributed by atoms with Crippen LogP contribution < -0.4 is 11.1 Å². The predicted molar refractivity (Wildman–Crippen MR) is 103 cm³/mol. The molecule has 0 saturated heterocycles. The molecule has 0 aromatic heterocycles. The van der Waals surface area contributed by atoms with Crippen LogP contribution in [0, 0.1) is 6.92 Å². The molecule has 2 aromatic carbocycles. The van der Waals surface area contributed by atoms with Crippen LogP contribution in [0.2, 0.25) is 5.02 Å². The maximum absolute atomic E-state index is 14.5. The zero-order valence-corrected chi connectivity index (χ0v) is 17.1. The van der Waals surface area contributed by atoms with Gasteiger partial charge in [-0.1, -0.05) is 30.7 Å². The van der Waals surface area contributed by atoms with Gasteiger partial charge in [0.1, 0.15) is 0 Å². The SMILES string of the molecule is CCc1cc(C(F)(C(F)(F)F)C(F)(F)F)cc(C)c1NC(=O)c1ccc(CN)cc1Cl. The third-order valence-electron chi connectivity index (χ3n) is 4.73. The normalized spacial score (nSPS) is 12.7. The van der Waals surface area contributed by atoms with Gasteiger partial charge in [0, 0.05) is 17.8 Å². The van der Waals surface area contributed by atoms with E-state index in [9.17, 15) is 35.5 Å². The molecule has 0 spiro atoms. The lowest BCUT2D eigenvalue weighted by Crippen LogP contribution is -2.50. The summed E-state index contributed by atoms with van der Waals surface area (Å²) in [5.41, 5.74) is -1.31. The van der Waals surface area contributed by atoms with Crippen molar-refractivity contribution in [2.45, 2.75) is 44.8 Å². The number of nitrogens with one attached hydrogen (secondary N) is 1. The van der Waals surface area contributed by atoms with Crippen LogP contribution >= 0.6 is 11.6 Å². The quantitative estimate of drug-likeness (QED) is 0.510. The van der Waals surface area contributed by atoms with Gasteiger partial charge in [-0.2, -0.15) is 26.3 Å². The van der Waals surface area contributed by atoms with Crippen molar-refractivity contribution in [3.05, 3.63) is 63.2 Å². The van der Waals surface area contributed by atoms with Crippen molar-refractivity contribution in [2.75, 3.05) is 5.32 Å². The molecular formula is C20H18ClF7N2O. The number of anilines is 1. The molecule has 0 unspecified atom stereocenters. The first kappa shape index (κ1) is 24.9. The summed E-state index contributed by atoms with van der Waals surface area (Å²) in [5.74, 6) is -0.739. The van der Waals surface area contributed by atoms with Crippen molar-refractivity contribution in [2.24, 2.45) is 5.73 Å². The van der Waals surface area contributed by atoms with Crippen LogP contribution in [0.1, 0.15) is 39.5 Å². The molecule has 11 heteroatoms. The smallest absolute Gasteiger partial charge is 0.326 e. The maximum atomic E-state index is 14.5. The van der Waals surface area contributed by atoms with E-state index >= 15 is 0 Å². The topological polar surface area (TPSA) is 55.1 Å². The number of rotatable bonds is 5. The minimum atomic E-state index is -6.23. The van der Waals surface area contributed by atoms with Crippen LogP contribution in [0.5, 0.6) is 0 Å². The Hall–Kier alpha value is -2.33. The minimum Gasteiger partial charge on any atom is -0.326 e. The molecule has 0 aliphatic heterocycles. The van der Waals surface area contributed by atoms with Gasteiger partial charge in [0.25, 0.3) is 5.91 Å². The number of alkyl halides is 7. The minimum absolute atomic E-state index is 0.0230. The van der Waals surface area contributed by atoms with Crippen molar-refractivity contribution in [3.8, 4) is 0 Å². The lowest BCUT2D eigenvalue weighted by molar-refractivity contribution is -0.348. The molecule has 1 amide bonds. The molecule has 2 aromatic rings. The summed E-state index contributed by atoms with van der Waals surface area (Å²) in [6.45, 7) is 2.79. The second-order valence-electron chi connectivity index (χ2n) is 6.81. The van der Waals surface area contributed by atoms with Gasteiger partial charge in [-0.3, -0.25) is 4.79 Å². The van der Waals surface area contributed by atoms with Crippen molar-refractivity contribution >= 4 is 23.2 Å². The summed E-state index contributed by atoms with van der Waals surface area (Å²) in [7, 11) is 0. The van der Waals surface area contributed by atoms with E-state index in [2.05, 4.69) is 5.32 Å². The summed E-state index contributed by atoms with van der Waals surface area (Å²) in [6.07, 6.45) is -12.5. The highest BCUT2D eigenvalue weighted by Crippen LogP contribution is 2.53. The van der Waals surface area contributed by atoms with Crippen LogP contribution in [0.15, 0.2) is 30.3 Å². The van der Waals surface area contributed by atoms with Crippen LogP contribution in [0.4, 0.5) is 36.4 Å². The number of hydrogen-bond donors (Lipinski definition) is 2. The van der Waals surface area contributed by atoms with E-state index in [0.717, 1.165) is 0 Å². The Kier molecular flexibility index (Phi) is 6.97. The van der Waals surface area contributed by atoms with Gasteiger partial charge >= 0.3 is 18.0 Å². The molecule has 2 rings (SSSR count). The predicted octanol–water partition coefficient (Wildman–Crippen LogP) is 6.21. The first-order chi connectivity index (χ1) is 14.2. The van der Waals surface area contributed by atoms with E-state index in [1.807, 2.05) is 0 Å². The largest absolute Gasteiger partial charge is 0.435 e.